The van der Waals surface area contributed by atoms with Crippen molar-refractivity contribution in [1.29, 1.82) is 0 Å². The molecule has 19 heavy (non-hydrogen) atoms. The molecule has 2 nitrogen and oxygen atoms in total. The van der Waals surface area contributed by atoms with Crippen LogP contribution in [0.5, 0.6) is 0 Å². The zero-order valence-electron chi connectivity index (χ0n) is 12.9. The van der Waals surface area contributed by atoms with Crippen molar-refractivity contribution in [3.05, 3.63) is 0 Å². The molecule has 0 aromatic heterocycles. The summed E-state index contributed by atoms with van der Waals surface area (Å²) in [7, 11) is 2.35. The Morgan fingerprint density at radius 2 is 1.74 bits per heavy atom. The second-order valence-electron chi connectivity index (χ2n) is 6.38. The molecule has 0 unspecified atom stereocenters. The Bertz CT molecular complexity index is 233. The molecule has 2 aliphatic rings. The third kappa shape index (κ3) is 5.28. The van der Waals surface area contributed by atoms with Crippen LogP contribution in [0.3, 0.4) is 0 Å². The SMILES string of the molecule is CCC1CCC(N(C)CCSC2CCNCC2)CC1. The van der Waals surface area contributed by atoms with Gasteiger partial charge in [0.2, 0.25) is 0 Å². The van der Waals surface area contributed by atoms with E-state index in [1.165, 1.54) is 70.3 Å². The molecule has 1 saturated carbocycles. The number of nitrogens with one attached hydrogen (secondary N) is 1. The first-order valence-corrected chi connectivity index (χ1v) is 9.37. The molecule has 1 heterocycles. The zero-order chi connectivity index (χ0) is 13.5. The van der Waals surface area contributed by atoms with Crippen molar-refractivity contribution in [2.24, 2.45) is 5.92 Å². The lowest BCUT2D eigenvalue weighted by Crippen LogP contribution is -2.37. The monoisotopic (exact) mass is 284 g/mol. The van der Waals surface area contributed by atoms with E-state index in [9.17, 15) is 0 Å². The minimum Gasteiger partial charge on any atom is -0.317 e. The third-order valence-corrected chi connectivity index (χ3v) is 6.46. The first-order valence-electron chi connectivity index (χ1n) is 8.32. The van der Waals surface area contributed by atoms with Gasteiger partial charge in [-0.15, -0.1) is 0 Å². The van der Waals surface area contributed by atoms with Crippen molar-refractivity contribution in [2.75, 3.05) is 32.4 Å². The summed E-state index contributed by atoms with van der Waals surface area (Å²) in [6.07, 6.45) is 9.94. The zero-order valence-corrected chi connectivity index (χ0v) is 13.7. The van der Waals surface area contributed by atoms with Crippen molar-refractivity contribution in [1.82, 2.24) is 10.2 Å². The maximum atomic E-state index is 3.45. The van der Waals surface area contributed by atoms with Gasteiger partial charge in [-0.3, -0.25) is 0 Å². The summed E-state index contributed by atoms with van der Waals surface area (Å²) in [5, 5.41) is 4.37. The molecule has 112 valence electrons. The molecule has 1 aliphatic heterocycles. The highest BCUT2D eigenvalue weighted by atomic mass is 32.2. The normalized spacial score (nSPS) is 29.8. The Labute approximate surface area is 124 Å². The summed E-state index contributed by atoms with van der Waals surface area (Å²) >= 11 is 2.21. The highest BCUT2D eigenvalue weighted by molar-refractivity contribution is 7.99. The van der Waals surface area contributed by atoms with Crippen molar-refractivity contribution in [3.63, 3.8) is 0 Å². The molecule has 1 saturated heterocycles. The predicted molar refractivity (Wildman–Crippen MR) is 87.0 cm³/mol. The van der Waals surface area contributed by atoms with Gasteiger partial charge in [0.05, 0.1) is 0 Å². The first kappa shape index (κ1) is 15.7. The van der Waals surface area contributed by atoms with Crippen LogP contribution in [0.25, 0.3) is 0 Å². The molecule has 0 radical (unpaired) electrons. The Balaban J connectivity index is 1.57. The highest BCUT2D eigenvalue weighted by Gasteiger charge is 2.23. The van der Waals surface area contributed by atoms with Gasteiger partial charge in [0.1, 0.15) is 0 Å². The van der Waals surface area contributed by atoms with Gasteiger partial charge in [0, 0.05) is 23.6 Å². The van der Waals surface area contributed by atoms with Crippen LogP contribution in [0.15, 0.2) is 0 Å². The van der Waals surface area contributed by atoms with Crippen LogP contribution < -0.4 is 5.32 Å². The van der Waals surface area contributed by atoms with Crippen LogP contribution in [-0.2, 0) is 0 Å². The Hall–Kier alpha value is 0.270. The van der Waals surface area contributed by atoms with Crippen molar-refractivity contribution in [3.8, 4) is 0 Å². The lowest BCUT2D eigenvalue weighted by atomic mass is 9.84. The molecule has 0 atom stereocenters. The average molecular weight is 285 g/mol. The average Bonchev–Trinajstić information content (AvgIpc) is 2.48. The van der Waals surface area contributed by atoms with Gasteiger partial charge in [-0.05, 0) is 64.6 Å². The number of hydrogen-bond donors (Lipinski definition) is 1. The lowest BCUT2D eigenvalue weighted by molar-refractivity contribution is 0.171. The van der Waals surface area contributed by atoms with E-state index in [2.05, 4.69) is 35.9 Å². The fraction of sp³-hybridized carbons (Fsp3) is 1.00. The van der Waals surface area contributed by atoms with Gasteiger partial charge < -0.3 is 10.2 Å². The molecule has 0 aromatic rings. The van der Waals surface area contributed by atoms with Crippen molar-refractivity contribution in [2.45, 2.75) is 63.2 Å². The molecule has 2 fully saturated rings. The summed E-state index contributed by atoms with van der Waals surface area (Å²) in [4.78, 5) is 2.64. The number of piperidine rings is 1. The summed E-state index contributed by atoms with van der Waals surface area (Å²) < 4.78 is 0. The Morgan fingerprint density at radius 3 is 2.37 bits per heavy atom. The minimum atomic E-state index is 0.872. The fourth-order valence-electron chi connectivity index (χ4n) is 3.50. The predicted octanol–water partition coefficient (Wildman–Crippen LogP) is 3.37. The van der Waals surface area contributed by atoms with Crippen molar-refractivity contribution < 1.29 is 0 Å². The minimum absolute atomic E-state index is 0.872. The van der Waals surface area contributed by atoms with Gasteiger partial charge in [-0.1, -0.05) is 13.3 Å². The van der Waals surface area contributed by atoms with E-state index in [0.29, 0.717) is 0 Å². The fourth-order valence-corrected chi connectivity index (χ4v) is 4.80. The molecule has 0 amide bonds. The molecule has 0 spiro atoms. The summed E-state index contributed by atoms with van der Waals surface area (Å²) in [5.41, 5.74) is 0. The Morgan fingerprint density at radius 1 is 1.05 bits per heavy atom. The number of thioether (sulfide) groups is 1. The first-order chi connectivity index (χ1) is 9.29. The number of hydrogen-bond acceptors (Lipinski definition) is 3. The van der Waals surface area contributed by atoms with Gasteiger partial charge in [-0.2, -0.15) is 11.8 Å². The van der Waals surface area contributed by atoms with Gasteiger partial charge in [-0.25, -0.2) is 0 Å². The van der Waals surface area contributed by atoms with Crippen LogP contribution in [0.4, 0.5) is 0 Å². The second-order valence-corrected chi connectivity index (χ2v) is 7.79. The maximum Gasteiger partial charge on any atom is 0.00927 e. The van der Waals surface area contributed by atoms with Crippen LogP contribution in [-0.4, -0.2) is 48.6 Å². The summed E-state index contributed by atoms with van der Waals surface area (Å²) in [6, 6.07) is 0.872. The molecular formula is C16H32N2S. The van der Waals surface area contributed by atoms with E-state index in [1.807, 2.05) is 0 Å². The molecule has 1 N–H and O–H groups in total. The Kier molecular flexibility index (Phi) is 7.03. The molecule has 3 heteroatoms. The van der Waals surface area contributed by atoms with Crippen LogP contribution in [0.2, 0.25) is 0 Å². The van der Waals surface area contributed by atoms with Gasteiger partial charge in [0.25, 0.3) is 0 Å². The number of nitrogens with zero attached hydrogens (tertiary/aromatic N) is 1. The molecule has 0 bridgehead atoms. The van der Waals surface area contributed by atoms with Gasteiger partial charge >= 0.3 is 0 Å². The summed E-state index contributed by atoms with van der Waals surface area (Å²) in [6.45, 7) is 6.10. The summed E-state index contributed by atoms with van der Waals surface area (Å²) in [5.74, 6) is 2.35. The molecule has 0 aromatic carbocycles. The van der Waals surface area contributed by atoms with Crippen LogP contribution in [0, 0.1) is 5.92 Å². The van der Waals surface area contributed by atoms with E-state index in [-0.39, 0.29) is 0 Å². The topological polar surface area (TPSA) is 15.3 Å². The third-order valence-electron chi connectivity index (χ3n) is 5.10. The largest absolute Gasteiger partial charge is 0.317 e. The molecule has 1 aliphatic carbocycles. The molecular weight excluding hydrogens is 252 g/mol. The van der Waals surface area contributed by atoms with E-state index >= 15 is 0 Å². The van der Waals surface area contributed by atoms with E-state index in [4.69, 9.17) is 0 Å². The lowest BCUT2D eigenvalue weighted by Gasteiger charge is -2.34. The highest BCUT2D eigenvalue weighted by Crippen LogP contribution is 2.29. The van der Waals surface area contributed by atoms with Gasteiger partial charge in [0.15, 0.2) is 0 Å². The van der Waals surface area contributed by atoms with Crippen LogP contribution >= 0.6 is 11.8 Å². The smallest absolute Gasteiger partial charge is 0.00927 e. The maximum absolute atomic E-state index is 3.45. The number of rotatable bonds is 6. The second kappa shape index (κ2) is 8.53. The standard InChI is InChI=1S/C16H32N2S/c1-3-14-4-6-15(7-5-14)18(2)12-13-19-16-8-10-17-11-9-16/h14-17H,3-13H2,1-2H3. The van der Waals surface area contributed by atoms with E-state index < -0.39 is 0 Å². The van der Waals surface area contributed by atoms with Crippen molar-refractivity contribution >= 4 is 11.8 Å². The molecule has 2 rings (SSSR count). The van der Waals surface area contributed by atoms with E-state index in [1.54, 1.807) is 0 Å². The quantitative estimate of drug-likeness (QED) is 0.805. The van der Waals surface area contributed by atoms with Crippen LogP contribution in [0.1, 0.15) is 51.9 Å². The van der Waals surface area contributed by atoms with E-state index in [0.717, 1.165) is 17.2 Å².